The van der Waals surface area contributed by atoms with Gasteiger partial charge in [0.2, 0.25) is 0 Å². The highest BCUT2D eigenvalue weighted by Gasteiger charge is 2.33. The quantitative estimate of drug-likeness (QED) is 0.0701. The average molecular weight is 732 g/mol. The summed E-state index contributed by atoms with van der Waals surface area (Å²) in [5.41, 5.74) is 2.78. The van der Waals surface area contributed by atoms with E-state index in [4.69, 9.17) is 19.5 Å². The molecule has 7 heteroatoms. The van der Waals surface area contributed by atoms with Gasteiger partial charge in [0, 0.05) is 17.7 Å². The van der Waals surface area contributed by atoms with Crippen molar-refractivity contribution >= 4 is 17.4 Å². The van der Waals surface area contributed by atoms with Crippen molar-refractivity contribution in [2.75, 3.05) is 18.1 Å². The van der Waals surface area contributed by atoms with Crippen LogP contribution in [0.3, 0.4) is 0 Å². The fraction of sp³-hybridized carbons (Fsp3) is 0.447. The molecule has 54 heavy (non-hydrogen) atoms. The van der Waals surface area contributed by atoms with E-state index in [1.165, 1.54) is 77.0 Å². The summed E-state index contributed by atoms with van der Waals surface area (Å²) in [6.07, 6.45) is 19.1. The number of hydrogen-bond acceptors (Lipinski definition) is 7. The van der Waals surface area contributed by atoms with E-state index < -0.39 is 6.17 Å². The van der Waals surface area contributed by atoms with Crippen LogP contribution in [0.4, 0.5) is 5.69 Å². The highest BCUT2D eigenvalue weighted by Crippen LogP contribution is 2.41. The van der Waals surface area contributed by atoms with E-state index in [1.54, 1.807) is 12.1 Å². The second kappa shape index (κ2) is 22.4. The Morgan fingerprint density at radius 1 is 0.556 bits per heavy atom. The highest BCUT2D eigenvalue weighted by molar-refractivity contribution is 6.20. The second-order valence-corrected chi connectivity index (χ2v) is 14.4. The number of phenolic OH excluding ortho intramolecular Hbond substituents is 2. The van der Waals surface area contributed by atoms with Crippen LogP contribution in [0.5, 0.6) is 23.0 Å². The largest absolute Gasteiger partial charge is 0.507 e. The lowest BCUT2D eigenvalue weighted by Gasteiger charge is -2.36. The summed E-state index contributed by atoms with van der Waals surface area (Å²) in [6, 6.07) is 30.6. The van der Waals surface area contributed by atoms with Crippen molar-refractivity contribution in [3.63, 3.8) is 0 Å². The third kappa shape index (κ3) is 12.1. The minimum Gasteiger partial charge on any atom is -0.507 e. The van der Waals surface area contributed by atoms with Crippen LogP contribution in [0, 0.1) is 0 Å². The number of rotatable bonds is 24. The molecule has 0 aliphatic carbocycles. The third-order valence-electron chi connectivity index (χ3n) is 10.0. The normalized spacial score (nSPS) is 14.1. The van der Waals surface area contributed by atoms with Gasteiger partial charge in [-0.05, 0) is 42.7 Å². The van der Waals surface area contributed by atoms with Gasteiger partial charge in [-0.25, -0.2) is 9.98 Å². The predicted octanol–water partition coefficient (Wildman–Crippen LogP) is 12.5. The summed E-state index contributed by atoms with van der Waals surface area (Å²) in [4.78, 5) is 12.1. The molecule has 5 rings (SSSR count). The van der Waals surface area contributed by atoms with Crippen LogP contribution in [0.15, 0.2) is 107 Å². The summed E-state index contributed by atoms with van der Waals surface area (Å²) in [5, 5.41) is 23.2. The molecule has 7 nitrogen and oxygen atoms in total. The highest BCUT2D eigenvalue weighted by atomic mass is 16.5. The smallest absolute Gasteiger partial charge is 0.159 e. The van der Waals surface area contributed by atoms with Gasteiger partial charge in [-0.2, -0.15) is 0 Å². The van der Waals surface area contributed by atoms with E-state index in [9.17, 15) is 10.2 Å². The summed E-state index contributed by atoms with van der Waals surface area (Å²) < 4.78 is 12.2. The Morgan fingerprint density at radius 2 is 1.06 bits per heavy atom. The molecule has 2 N–H and O–H groups in total. The van der Waals surface area contributed by atoms with Crippen molar-refractivity contribution in [1.29, 1.82) is 0 Å². The lowest BCUT2D eigenvalue weighted by molar-refractivity contribution is 0.302. The number of anilines is 1. The summed E-state index contributed by atoms with van der Waals surface area (Å²) in [5.74, 6) is 2.30. The van der Waals surface area contributed by atoms with E-state index in [2.05, 4.69) is 13.8 Å². The van der Waals surface area contributed by atoms with Crippen LogP contribution >= 0.6 is 0 Å². The molecule has 1 heterocycles. The number of unbranched alkanes of at least 4 members (excludes halogenated alkanes) is 14. The number of benzene rings is 4. The maximum absolute atomic E-state index is 11.6. The molecule has 0 bridgehead atoms. The van der Waals surface area contributed by atoms with E-state index in [-0.39, 0.29) is 11.5 Å². The average Bonchev–Trinajstić information content (AvgIpc) is 3.20. The third-order valence-corrected chi connectivity index (χ3v) is 10.0. The zero-order valence-electron chi connectivity index (χ0n) is 32.6. The summed E-state index contributed by atoms with van der Waals surface area (Å²) in [7, 11) is 0. The molecule has 0 saturated heterocycles. The molecule has 0 saturated carbocycles. The van der Waals surface area contributed by atoms with Gasteiger partial charge in [-0.3, -0.25) is 4.90 Å². The summed E-state index contributed by atoms with van der Waals surface area (Å²) in [6.45, 7) is 5.68. The maximum Gasteiger partial charge on any atom is 0.159 e. The lowest BCUT2D eigenvalue weighted by atomic mass is 10.0. The first-order chi connectivity index (χ1) is 26.6. The van der Waals surface area contributed by atoms with Gasteiger partial charge in [-0.1, -0.05) is 164 Å². The van der Waals surface area contributed by atoms with Gasteiger partial charge in [0.05, 0.1) is 24.5 Å². The number of ether oxygens (including phenoxy) is 2. The number of nitrogens with zero attached hydrogens (tertiary/aromatic N) is 3. The van der Waals surface area contributed by atoms with Crippen molar-refractivity contribution in [2.45, 2.75) is 123 Å². The van der Waals surface area contributed by atoms with Gasteiger partial charge in [0.1, 0.15) is 28.8 Å². The lowest BCUT2D eigenvalue weighted by Crippen LogP contribution is -2.39. The molecule has 0 fully saturated rings. The molecule has 4 aromatic carbocycles. The van der Waals surface area contributed by atoms with Crippen LogP contribution in [0.25, 0.3) is 0 Å². The molecule has 0 radical (unpaired) electrons. The second-order valence-electron chi connectivity index (χ2n) is 14.4. The molecule has 1 atom stereocenters. The van der Waals surface area contributed by atoms with Crippen molar-refractivity contribution in [1.82, 2.24) is 0 Å². The van der Waals surface area contributed by atoms with Gasteiger partial charge in [0.25, 0.3) is 0 Å². The first-order valence-corrected chi connectivity index (χ1v) is 20.6. The Hall–Kier alpha value is -4.78. The van der Waals surface area contributed by atoms with Crippen molar-refractivity contribution in [2.24, 2.45) is 9.98 Å². The SMILES string of the molecule is CCCCCCCCCCCCOc1ccc(N2C(c3ccc(OCCCCCCCC)cc3O)=NC(c3ccccc3)=NC2c2ccccc2)c(O)c1. The van der Waals surface area contributed by atoms with Crippen LogP contribution in [0.2, 0.25) is 0 Å². The first kappa shape index (κ1) is 40.4. The van der Waals surface area contributed by atoms with Crippen molar-refractivity contribution < 1.29 is 19.7 Å². The van der Waals surface area contributed by atoms with Gasteiger partial charge in [0.15, 0.2) is 12.0 Å². The van der Waals surface area contributed by atoms with Crippen molar-refractivity contribution in [3.05, 3.63) is 114 Å². The maximum atomic E-state index is 11.6. The van der Waals surface area contributed by atoms with E-state index >= 15 is 0 Å². The zero-order chi connectivity index (χ0) is 37.8. The van der Waals surface area contributed by atoms with Crippen LogP contribution in [-0.2, 0) is 0 Å². The monoisotopic (exact) mass is 731 g/mol. The Kier molecular flexibility index (Phi) is 16.8. The summed E-state index contributed by atoms with van der Waals surface area (Å²) >= 11 is 0. The van der Waals surface area contributed by atoms with Crippen molar-refractivity contribution in [3.8, 4) is 23.0 Å². The fourth-order valence-corrected chi connectivity index (χ4v) is 6.92. The Balaban J connectivity index is 1.35. The van der Waals surface area contributed by atoms with Crippen LogP contribution in [-0.4, -0.2) is 35.1 Å². The number of aliphatic imine (C=N–C) groups is 2. The minimum atomic E-state index is -0.582. The molecule has 1 aliphatic rings. The Labute approximate surface area is 323 Å². The zero-order valence-corrected chi connectivity index (χ0v) is 32.6. The number of phenols is 2. The fourth-order valence-electron chi connectivity index (χ4n) is 6.92. The van der Waals surface area contributed by atoms with Gasteiger partial charge in [-0.15, -0.1) is 0 Å². The standard InChI is InChI=1S/C47H61N3O4/c1-3-5-7-9-11-12-13-14-16-24-34-54-40-30-32-42(44(52)36-40)50-46(38-27-21-18-22-28-38)48-45(37-25-19-17-20-26-37)49-47(50)41-31-29-39(35-43(41)51)53-33-23-15-10-8-6-4-2/h17-22,25-32,35-36,46,51-52H,3-16,23-24,33-34H2,1-2H3. The Morgan fingerprint density at radius 3 is 1.59 bits per heavy atom. The minimum absolute atomic E-state index is 0.0382. The molecule has 288 valence electrons. The van der Waals surface area contributed by atoms with E-state index in [0.717, 1.165) is 36.8 Å². The molecular formula is C47H61N3O4. The number of aromatic hydroxyl groups is 2. The molecule has 1 aliphatic heterocycles. The molecule has 0 aromatic heterocycles. The van der Waals surface area contributed by atoms with E-state index in [0.29, 0.717) is 47.6 Å². The number of hydrogen-bond donors (Lipinski definition) is 2. The topological polar surface area (TPSA) is 86.9 Å². The van der Waals surface area contributed by atoms with Crippen LogP contribution < -0.4 is 14.4 Å². The van der Waals surface area contributed by atoms with E-state index in [1.807, 2.05) is 89.8 Å². The molecule has 0 amide bonds. The predicted molar refractivity (Wildman–Crippen MR) is 224 cm³/mol. The first-order valence-electron chi connectivity index (χ1n) is 20.6. The molecule has 0 spiro atoms. The molecular weight excluding hydrogens is 671 g/mol. The molecule has 1 unspecified atom stereocenters. The van der Waals surface area contributed by atoms with Crippen LogP contribution in [0.1, 0.15) is 139 Å². The Bertz CT molecular complexity index is 1740. The number of amidine groups is 2. The van der Waals surface area contributed by atoms with Gasteiger partial charge >= 0.3 is 0 Å². The van der Waals surface area contributed by atoms with Gasteiger partial charge < -0.3 is 19.7 Å². The molecule has 4 aromatic rings.